The van der Waals surface area contributed by atoms with Crippen LogP contribution in [-0.2, 0) is 4.79 Å². The van der Waals surface area contributed by atoms with Crippen LogP contribution in [0.2, 0.25) is 0 Å². The molecule has 0 heterocycles. The molecule has 7 nitrogen and oxygen atoms in total. The standard InChI is InChI=1S/C24H31NO6/c1-16-7-4-5-8-20(16)30-15-19(26)24(27)25-17-11-13-18(14-12-17)31-22-10-6-9-21(28-2)23(22)29-3/h4-10,17-19,26H,11-15H2,1-3H3,(H,25,27). The van der Waals surface area contributed by atoms with E-state index in [0.29, 0.717) is 23.0 Å². The molecule has 1 aliphatic carbocycles. The molecule has 2 aromatic rings. The molecule has 1 atom stereocenters. The third-order valence-electron chi connectivity index (χ3n) is 5.47. The average molecular weight is 430 g/mol. The summed E-state index contributed by atoms with van der Waals surface area (Å²) in [5.74, 6) is 2.12. The smallest absolute Gasteiger partial charge is 0.252 e. The van der Waals surface area contributed by atoms with Crippen molar-refractivity contribution in [3.8, 4) is 23.0 Å². The van der Waals surface area contributed by atoms with Crippen LogP contribution in [-0.4, -0.2) is 50.1 Å². The van der Waals surface area contributed by atoms with Crippen molar-refractivity contribution in [2.24, 2.45) is 0 Å². The van der Waals surface area contributed by atoms with E-state index in [9.17, 15) is 9.90 Å². The zero-order valence-electron chi connectivity index (χ0n) is 18.3. The molecule has 168 valence electrons. The number of hydrogen-bond acceptors (Lipinski definition) is 6. The second-order valence-electron chi connectivity index (χ2n) is 7.68. The molecule has 1 unspecified atom stereocenters. The van der Waals surface area contributed by atoms with Crippen molar-refractivity contribution in [3.63, 3.8) is 0 Å². The number of amides is 1. The molecule has 7 heteroatoms. The maximum Gasteiger partial charge on any atom is 0.252 e. The van der Waals surface area contributed by atoms with Crippen molar-refractivity contribution in [3.05, 3.63) is 48.0 Å². The van der Waals surface area contributed by atoms with Gasteiger partial charge in [0.2, 0.25) is 5.75 Å². The number of aryl methyl sites for hydroxylation is 1. The predicted molar refractivity (Wildman–Crippen MR) is 117 cm³/mol. The lowest BCUT2D eigenvalue weighted by molar-refractivity contribution is -0.131. The Labute approximate surface area is 183 Å². The quantitative estimate of drug-likeness (QED) is 0.636. The van der Waals surface area contributed by atoms with Gasteiger partial charge in [-0.3, -0.25) is 4.79 Å². The Morgan fingerprint density at radius 2 is 1.68 bits per heavy atom. The van der Waals surface area contributed by atoms with Crippen molar-refractivity contribution < 1.29 is 28.8 Å². The second-order valence-corrected chi connectivity index (χ2v) is 7.68. The number of nitrogens with one attached hydrogen (secondary N) is 1. The summed E-state index contributed by atoms with van der Waals surface area (Å²) in [4.78, 5) is 12.3. The zero-order chi connectivity index (χ0) is 22.2. The van der Waals surface area contributed by atoms with E-state index in [1.54, 1.807) is 14.2 Å². The van der Waals surface area contributed by atoms with Crippen LogP contribution in [0, 0.1) is 6.92 Å². The lowest BCUT2D eigenvalue weighted by atomic mass is 9.92. The van der Waals surface area contributed by atoms with Crippen molar-refractivity contribution in [1.82, 2.24) is 5.32 Å². The fourth-order valence-corrected chi connectivity index (χ4v) is 3.72. The minimum absolute atomic E-state index is 0.00710. The predicted octanol–water partition coefficient (Wildman–Crippen LogP) is 3.26. The summed E-state index contributed by atoms with van der Waals surface area (Å²) < 4.78 is 22.5. The average Bonchev–Trinajstić information content (AvgIpc) is 2.79. The van der Waals surface area contributed by atoms with Crippen molar-refractivity contribution in [1.29, 1.82) is 0 Å². The number of carbonyl (C=O) groups is 1. The molecule has 31 heavy (non-hydrogen) atoms. The van der Waals surface area contributed by atoms with E-state index in [-0.39, 0.29) is 18.8 Å². The van der Waals surface area contributed by atoms with E-state index in [1.165, 1.54) is 0 Å². The van der Waals surface area contributed by atoms with Crippen molar-refractivity contribution in [2.45, 2.75) is 50.9 Å². The number of ether oxygens (including phenoxy) is 4. The number of hydrogen-bond donors (Lipinski definition) is 2. The molecule has 3 rings (SSSR count). The van der Waals surface area contributed by atoms with Gasteiger partial charge in [0.1, 0.15) is 12.4 Å². The molecular weight excluding hydrogens is 398 g/mol. The largest absolute Gasteiger partial charge is 0.493 e. The normalized spacial score (nSPS) is 19.2. The molecule has 1 aliphatic rings. The molecule has 2 N–H and O–H groups in total. The van der Waals surface area contributed by atoms with Gasteiger partial charge in [-0.2, -0.15) is 0 Å². The minimum atomic E-state index is -1.21. The van der Waals surface area contributed by atoms with Gasteiger partial charge in [-0.15, -0.1) is 0 Å². The van der Waals surface area contributed by atoms with Crippen LogP contribution in [0.3, 0.4) is 0 Å². The van der Waals surface area contributed by atoms with Gasteiger partial charge in [-0.25, -0.2) is 0 Å². The Morgan fingerprint density at radius 3 is 2.35 bits per heavy atom. The summed E-state index contributed by atoms with van der Waals surface area (Å²) in [5.41, 5.74) is 0.959. The Kier molecular flexibility index (Phi) is 8.00. The van der Waals surface area contributed by atoms with Gasteiger partial charge in [-0.05, 0) is 56.4 Å². The summed E-state index contributed by atoms with van der Waals surface area (Å²) in [6.45, 7) is 1.84. The molecule has 0 bridgehead atoms. The molecule has 2 aromatic carbocycles. The number of aliphatic hydroxyl groups is 1. The third kappa shape index (κ3) is 6.04. The van der Waals surface area contributed by atoms with Gasteiger partial charge in [0.15, 0.2) is 17.6 Å². The molecule has 0 spiro atoms. The number of rotatable bonds is 9. The van der Waals surface area contributed by atoms with E-state index >= 15 is 0 Å². The van der Waals surface area contributed by atoms with Crippen LogP contribution in [0.15, 0.2) is 42.5 Å². The third-order valence-corrected chi connectivity index (χ3v) is 5.47. The highest BCUT2D eigenvalue weighted by Gasteiger charge is 2.27. The number of carbonyl (C=O) groups excluding carboxylic acids is 1. The first-order valence-corrected chi connectivity index (χ1v) is 10.6. The molecule has 0 aromatic heterocycles. The zero-order valence-corrected chi connectivity index (χ0v) is 18.3. The topological polar surface area (TPSA) is 86.3 Å². The summed E-state index contributed by atoms with van der Waals surface area (Å²) in [7, 11) is 3.18. The van der Waals surface area contributed by atoms with Gasteiger partial charge in [0, 0.05) is 6.04 Å². The van der Waals surface area contributed by atoms with E-state index in [2.05, 4.69) is 5.32 Å². The Balaban J connectivity index is 1.44. The summed E-state index contributed by atoms with van der Waals surface area (Å²) >= 11 is 0. The van der Waals surface area contributed by atoms with Crippen LogP contribution in [0.4, 0.5) is 0 Å². The highest BCUT2D eigenvalue weighted by Crippen LogP contribution is 2.38. The first-order chi connectivity index (χ1) is 15.0. The fourth-order valence-electron chi connectivity index (χ4n) is 3.72. The van der Waals surface area contributed by atoms with Gasteiger partial charge < -0.3 is 29.4 Å². The fraction of sp³-hybridized carbons (Fsp3) is 0.458. The molecule has 0 aliphatic heterocycles. The lowest BCUT2D eigenvalue weighted by Gasteiger charge is -2.30. The van der Waals surface area contributed by atoms with E-state index < -0.39 is 12.0 Å². The van der Waals surface area contributed by atoms with Crippen LogP contribution >= 0.6 is 0 Å². The van der Waals surface area contributed by atoms with Crippen LogP contribution < -0.4 is 24.3 Å². The SMILES string of the molecule is COc1cccc(OC2CCC(NC(=O)C(O)COc3ccccc3C)CC2)c1OC. The highest BCUT2D eigenvalue weighted by molar-refractivity contribution is 5.80. The lowest BCUT2D eigenvalue weighted by Crippen LogP contribution is -2.45. The molecule has 0 saturated heterocycles. The first-order valence-electron chi connectivity index (χ1n) is 10.6. The van der Waals surface area contributed by atoms with Crippen LogP contribution in [0.5, 0.6) is 23.0 Å². The van der Waals surface area contributed by atoms with Gasteiger partial charge >= 0.3 is 0 Å². The first kappa shape index (κ1) is 22.7. The van der Waals surface area contributed by atoms with Crippen LogP contribution in [0.1, 0.15) is 31.2 Å². The number of benzene rings is 2. The van der Waals surface area contributed by atoms with Gasteiger partial charge in [0.05, 0.1) is 20.3 Å². The Bertz CT molecular complexity index is 863. The summed E-state index contributed by atoms with van der Waals surface area (Å²) in [6.07, 6.45) is 1.95. The summed E-state index contributed by atoms with van der Waals surface area (Å²) in [5, 5.41) is 13.1. The summed E-state index contributed by atoms with van der Waals surface area (Å²) in [6, 6.07) is 13.1. The Hall–Kier alpha value is -2.93. The van der Waals surface area contributed by atoms with Crippen molar-refractivity contribution in [2.75, 3.05) is 20.8 Å². The maximum atomic E-state index is 12.3. The van der Waals surface area contributed by atoms with E-state index in [0.717, 1.165) is 31.2 Å². The molecule has 1 amide bonds. The van der Waals surface area contributed by atoms with Crippen molar-refractivity contribution >= 4 is 5.91 Å². The molecular formula is C24H31NO6. The van der Waals surface area contributed by atoms with E-state index in [4.69, 9.17) is 18.9 Å². The van der Waals surface area contributed by atoms with Gasteiger partial charge in [0.25, 0.3) is 5.91 Å². The Morgan fingerprint density at radius 1 is 1.00 bits per heavy atom. The number of methoxy groups -OCH3 is 2. The maximum absolute atomic E-state index is 12.3. The second kappa shape index (κ2) is 10.9. The van der Waals surface area contributed by atoms with Crippen LogP contribution in [0.25, 0.3) is 0 Å². The molecule has 0 radical (unpaired) electrons. The number of para-hydroxylation sites is 2. The number of aliphatic hydroxyl groups excluding tert-OH is 1. The highest BCUT2D eigenvalue weighted by atomic mass is 16.5. The van der Waals surface area contributed by atoms with E-state index in [1.807, 2.05) is 49.4 Å². The molecule has 1 fully saturated rings. The minimum Gasteiger partial charge on any atom is -0.493 e. The van der Waals surface area contributed by atoms with Gasteiger partial charge in [-0.1, -0.05) is 24.3 Å². The molecule has 1 saturated carbocycles. The monoisotopic (exact) mass is 429 g/mol.